The van der Waals surface area contributed by atoms with Crippen LogP contribution in [0.1, 0.15) is 0 Å². The first-order chi connectivity index (χ1) is 3.06. The normalized spacial score (nSPS) is 11.7. The maximum Gasteiger partial charge on any atom is 0.271 e. The van der Waals surface area contributed by atoms with Gasteiger partial charge in [0.25, 0.3) is 10.1 Å². The zero-order valence-electron chi connectivity index (χ0n) is 3.40. The smallest absolute Gasteiger partial charge is 0.271 e. The van der Waals surface area contributed by atoms with Gasteiger partial charge >= 0.3 is 0 Å². The van der Waals surface area contributed by atoms with Crippen LogP contribution in [0.15, 0.2) is 0 Å². The van der Waals surface area contributed by atoms with Crippen molar-refractivity contribution in [2.24, 2.45) is 0 Å². The second-order valence-corrected chi connectivity index (χ2v) is 2.23. The van der Waals surface area contributed by atoms with Gasteiger partial charge in [-0.25, -0.2) is 0 Å². The molecule has 0 saturated carbocycles. The van der Waals surface area contributed by atoms with Crippen molar-refractivity contribution < 1.29 is 18.1 Å². The summed E-state index contributed by atoms with van der Waals surface area (Å²) in [6.45, 7) is -0.654. The van der Waals surface area contributed by atoms with Gasteiger partial charge < -0.3 is 5.11 Å². The van der Waals surface area contributed by atoms with Crippen molar-refractivity contribution >= 4 is 10.1 Å². The maximum atomic E-state index is 9.57. The molecule has 0 rings (SSSR count). The maximum absolute atomic E-state index is 9.57. The Hall–Kier alpha value is -0.130. The molecule has 0 aromatic rings. The molecule has 0 saturated heterocycles. The van der Waals surface area contributed by atoms with Crippen molar-refractivity contribution in [3.8, 4) is 0 Å². The lowest BCUT2D eigenvalue weighted by atomic mass is 10.9. The molecule has 0 spiro atoms. The fourth-order valence-corrected chi connectivity index (χ4v) is 0.283. The average Bonchev–Trinajstić information content (AvgIpc) is 1.30. The molecule has 0 aliphatic heterocycles. The van der Waals surface area contributed by atoms with E-state index in [0.29, 0.717) is 5.75 Å². The third-order valence-electron chi connectivity index (χ3n) is 0.285. The van der Waals surface area contributed by atoms with E-state index in [1.807, 2.05) is 0 Å². The molecule has 0 aliphatic carbocycles. The molecule has 0 unspecified atom stereocenters. The number of hydrogen-bond acceptors (Lipinski definition) is 3. The minimum atomic E-state index is -4.05. The van der Waals surface area contributed by atoms with Gasteiger partial charge in [-0.2, -0.15) is 8.42 Å². The van der Waals surface area contributed by atoms with Crippen LogP contribution in [-0.4, -0.2) is 24.7 Å². The Morgan fingerprint density at radius 3 is 2.00 bits per heavy atom. The molecule has 0 amide bonds. The van der Waals surface area contributed by atoms with E-state index in [9.17, 15) is 8.42 Å². The number of aliphatic hydroxyl groups is 1. The molecule has 0 heterocycles. The van der Waals surface area contributed by atoms with Gasteiger partial charge in [0, 0.05) is 0 Å². The van der Waals surface area contributed by atoms with Gasteiger partial charge in [-0.1, -0.05) is 0 Å². The van der Waals surface area contributed by atoms with Crippen LogP contribution in [-0.2, 0) is 10.1 Å². The lowest BCUT2D eigenvalue weighted by molar-refractivity contribution is 0.332. The zero-order chi connectivity index (χ0) is 5.91. The lowest BCUT2D eigenvalue weighted by Crippen LogP contribution is -1.99. The molecule has 2 N–H and O–H groups in total. The van der Waals surface area contributed by atoms with Gasteiger partial charge in [0.05, 0.1) is 6.61 Å². The number of hydrogen-bond donors (Lipinski definition) is 2. The van der Waals surface area contributed by atoms with Gasteiger partial charge in [-0.05, 0) is 0 Å². The van der Waals surface area contributed by atoms with Gasteiger partial charge in [-0.3, -0.25) is 4.55 Å². The lowest BCUT2D eigenvalue weighted by Gasteiger charge is -1.84. The van der Waals surface area contributed by atoms with Crippen LogP contribution >= 0.6 is 0 Å². The van der Waals surface area contributed by atoms with Crippen molar-refractivity contribution in [2.75, 3.05) is 6.61 Å². The first kappa shape index (κ1) is 6.87. The van der Waals surface area contributed by atoms with Gasteiger partial charge in [0.1, 0.15) is 5.75 Å². The minimum absolute atomic E-state index is 0.396. The van der Waals surface area contributed by atoms with Crippen LogP contribution in [0, 0.1) is 5.75 Å². The Balaban J connectivity index is 3.60. The van der Waals surface area contributed by atoms with E-state index in [4.69, 9.17) is 9.66 Å². The van der Waals surface area contributed by atoms with E-state index < -0.39 is 16.7 Å². The van der Waals surface area contributed by atoms with Crippen LogP contribution in [0.25, 0.3) is 0 Å². The molecule has 0 aliphatic rings. The Labute approximate surface area is 41.5 Å². The highest BCUT2D eigenvalue weighted by molar-refractivity contribution is 7.87. The van der Waals surface area contributed by atoms with Crippen molar-refractivity contribution in [2.45, 2.75) is 0 Å². The van der Waals surface area contributed by atoms with E-state index in [1.165, 1.54) is 0 Å². The van der Waals surface area contributed by atoms with Gasteiger partial charge in [-0.15, -0.1) is 0 Å². The molecule has 43 valence electrons. The van der Waals surface area contributed by atoms with Crippen LogP contribution in [0.2, 0.25) is 0 Å². The Kier molecular flexibility index (Phi) is 2.21. The molecular weight excluding hydrogens is 120 g/mol. The summed E-state index contributed by atoms with van der Waals surface area (Å²) >= 11 is 0. The third-order valence-corrected chi connectivity index (χ3v) is 0.855. The second kappa shape index (κ2) is 2.25. The summed E-state index contributed by atoms with van der Waals surface area (Å²) in [4.78, 5) is 0. The van der Waals surface area contributed by atoms with E-state index in [2.05, 4.69) is 0 Å². The minimum Gasteiger partial charge on any atom is -0.395 e. The summed E-state index contributed by atoms with van der Waals surface area (Å²) in [5, 5.41) is 7.81. The molecule has 0 aromatic heterocycles. The van der Waals surface area contributed by atoms with Crippen molar-refractivity contribution in [1.82, 2.24) is 0 Å². The van der Waals surface area contributed by atoms with Crippen LogP contribution in [0.3, 0.4) is 0 Å². The molecule has 7 heavy (non-hydrogen) atoms. The first-order valence-electron chi connectivity index (χ1n) is 1.48. The van der Waals surface area contributed by atoms with Gasteiger partial charge in [0.15, 0.2) is 0 Å². The Morgan fingerprint density at radius 1 is 1.57 bits per heavy atom. The summed E-state index contributed by atoms with van der Waals surface area (Å²) in [6, 6.07) is 0. The fourth-order valence-electron chi connectivity index (χ4n) is 0.0942. The Morgan fingerprint density at radius 2 is 2.00 bits per heavy atom. The number of rotatable bonds is 2. The summed E-state index contributed by atoms with van der Waals surface area (Å²) < 4.78 is 26.9. The molecule has 0 aromatic carbocycles. The highest BCUT2D eigenvalue weighted by Crippen LogP contribution is 1.83. The van der Waals surface area contributed by atoms with Gasteiger partial charge in [0.2, 0.25) is 0 Å². The summed E-state index contributed by atoms with van der Waals surface area (Å²) in [5.41, 5.74) is 0. The second-order valence-electron chi connectivity index (χ2n) is 0.864. The molecule has 0 bridgehead atoms. The van der Waals surface area contributed by atoms with E-state index in [-0.39, 0.29) is 0 Å². The first-order valence-corrected chi connectivity index (χ1v) is 2.98. The third kappa shape index (κ3) is 5.87. The summed E-state index contributed by atoms with van der Waals surface area (Å²) in [5.74, 6) is 0.396. The molecular formula is C2H5O4S. The fraction of sp³-hybridized carbons (Fsp3) is 0.500. The molecule has 0 atom stereocenters. The van der Waals surface area contributed by atoms with E-state index >= 15 is 0 Å². The highest BCUT2D eigenvalue weighted by atomic mass is 32.2. The largest absolute Gasteiger partial charge is 0.395 e. The predicted molar refractivity (Wildman–Crippen MR) is 22.9 cm³/mol. The molecule has 4 nitrogen and oxygen atoms in total. The molecule has 0 fully saturated rings. The monoisotopic (exact) mass is 125 g/mol. The molecule has 1 radical (unpaired) electrons. The predicted octanol–water partition coefficient (Wildman–Crippen LogP) is -0.972. The average molecular weight is 125 g/mol. The quantitative estimate of drug-likeness (QED) is 0.465. The van der Waals surface area contributed by atoms with Crippen LogP contribution in [0.5, 0.6) is 0 Å². The summed E-state index contributed by atoms with van der Waals surface area (Å²) in [7, 11) is -4.05. The summed E-state index contributed by atoms with van der Waals surface area (Å²) in [6.07, 6.45) is 0. The van der Waals surface area contributed by atoms with Crippen molar-refractivity contribution in [1.29, 1.82) is 0 Å². The zero-order valence-corrected chi connectivity index (χ0v) is 4.22. The van der Waals surface area contributed by atoms with E-state index in [1.54, 1.807) is 0 Å². The topological polar surface area (TPSA) is 74.6 Å². The van der Waals surface area contributed by atoms with Crippen molar-refractivity contribution in [3.05, 3.63) is 5.75 Å². The molecule has 5 heteroatoms. The van der Waals surface area contributed by atoms with Crippen LogP contribution < -0.4 is 0 Å². The number of aliphatic hydroxyl groups excluding tert-OH is 1. The standard InChI is InChI=1S/C2H5O4S/c3-1-2-7(4,5)6/h2-3H,1H2,(H,4,5,6). The Bertz CT molecular complexity index is 123. The van der Waals surface area contributed by atoms with Crippen LogP contribution in [0.4, 0.5) is 0 Å². The van der Waals surface area contributed by atoms with E-state index in [0.717, 1.165) is 0 Å². The highest BCUT2D eigenvalue weighted by Gasteiger charge is 2.00. The SMILES string of the molecule is O=S(=O)(O)[CH]CO. The van der Waals surface area contributed by atoms with Crippen molar-refractivity contribution in [3.63, 3.8) is 0 Å².